The van der Waals surface area contributed by atoms with Crippen LogP contribution in [0.15, 0.2) is 76.6 Å². The monoisotopic (exact) mass is 510 g/mol. The molecule has 1 saturated heterocycles. The number of hydrogen-bond acceptors (Lipinski definition) is 5. The molecule has 1 N–H and O–H groups in total. The lowest BCUT2D eigenvalue weighted by atomic mass is 10.2. The second-order valence-corrected chi connectivity index (χ2v) is 8.89. The molecule has 0 saturated carbocycles. The minimum Gasteiger partial charge on any atom is -0.487 e. The Hall–Kier alpha value is -3.62. The highest BCUT2D eigenvalue weighted by Gasteiger charge is 2.32. The fraction of sp³-hybridized carbons (Fsp3) is 0.115. The zero-order valence-electron chi connectivity index (χ0n) is 18.6. The lowest BCUT2D eigenvalue weighted by Gasteiger charge is -2.12. The van der Waals surface area contributed by atoms with Gasteiger partial charge in [-0.1, -0.05) is 35.9 Å². The van der Waals surface area contributed by atoms with Crippen LogP contribution in [0, 0.1) is 5.82 Å². The van der Waals surface area contributed by atoms with Crippen LogP contribution in [0.3, 0.4) is 0 Å². The summed E-state index contributed by atoms with van der Waals surface area (Å²) < 4.78 is 19.5. The lowest BCUT2D eigenvalue weighted by molar-refractivity contribution is -0.122. The molecule has 1 fully saturated rings. The summed E-state index contributed by atoms with van der Waals surface area (Å²) in [6, 6.07) is 17.6. The number of amides is 1. The number of aliphatic imine (C=N–C) groups is 1. The summed E-state index contributed by atoms with van der Waals surface area (Å²) in [5.74, 6) is -1.14. The van der Waals surface area contributed by atoms with E-state index in [1.54, 1.807) is 59.5 Å². The van der Waals surface area contributed by atoms with Gasteiger partial charge in [-0.25, -0.2) is 14.2 Å². The summed E-state index contributed by atoms with van der Waals surface area (Å²) in [6.07, 6.45) is 1.72. The highest BCUT2D eigenvalue weighted by Crippen LogP contribution is 2.35. The van der Waals surface area contributed by atoms with E-state index in [9.17, 15) is 14.0 Å². The molecule has 4 rings (SSSR count). The SMILES string of the molecule is CCN1C(=O)/C(=C/c2ccc(OCc3ccccc3F)c(Cl)c2)SC1=Nc1ccc(C(=O)O)cc1. The van der Waals surface area contributed by atoms with Crippen molar-refractivity contribution in [3.8, 4) is 5.75 Å². The van der Waals surface area contributed by atoms with Crippen LogP contribution < -0.4 is 4.74 Å². The van der Waals surface area contributed by atoms with Crippen LogP contribution in [0.1, 0.15) is 28.4 Å². The van der Waals surface area contributed by atoms with E-state index in [1.165, 1.54) is 30.0 Å². The Kier molecular flexibility index (Phi) is 7.53. The number of halogens is 2. The fourth-order valence-corrected chi connectivity index (χ4v) is 4.61. The normalized spacial score (nSPS) is 15.7. The number of carboxylic acids is 1. The number of carboxylic acid groups (broad SMARTS) is 1. The van der Waals surface area contributed by atoms with Crippen LogP contribution in [-0.2, 0) is 11.4 Å². The molecule has 6 nitrogen and oxygen atoms in total. The van der Waals surface area contributed by atoms with Gasteiger partial charge in [-0.2, -0.15) is 0 Å². The summed E-state index contributed by atoms with van der Waals surface area (Å²) in [6.45, 7) is 2.32. The number of likely N-dealkylation sites (N-methyl/N-ethyl adjacent to an activating group) is 1. The van der Waals surface area contributed by atoms with Crippen molar-refractivity contribution in [3.05, 3.63) is 99.2 Å². The number of aromatic carboxylic acids is 1. The van der Waals surface area contributed by atoms with E-state index in [0.29, 0.717) is 44.2 Å². The van der Waals surface area contributed by atoms with E-state index in [1.807, 2.05) is 6.92 Å². The van der Waals surface area contributed by atoms with Gasteiger partial charge in [-0.05, 0) is 72.8 Å². The predicted molar refractivity (Wildman–Crippen MR) is 136 cm³/mol. The van der Waals surface area contributed by atoms with E-state index < -0.39 is 5.97 Å². The summed E-state index contributed by atoms with van der Waals surface area (Å²) >= 11 is 7.59. The molecule has 0 unspecified atom stereocenters. The largest absolute Gasteiger partial charge is 0.487 e. The molecule has 0 radical (unpaired) electrons. The summed E-state index contributed by atoms with van der Waals surface area (Å²) in [7, 11) is 0. The molecule has 1 heterocycles. The molecule has 1 aliphatic rings. The summed E-state index contributed by atoms with van der Waals surface area (Å²) in [5.41, 5.74) is 1.83. The molecule has 35 heavy (non-hydrogen) atoms. The Morgan fingerprint density at radius 2 is 1.91 bits per heavy atom. The Morgan fingerprint density at radius 3 is 2.57 bits per heavy atom. The average Bonchev–Trinajstić information content (AvgIpc) is 3.13. The topological polar surface area (TPSA) is 79.2 Å². The molecule has 0 bridgehead atoms. The van der Waals surface area contributed by atoms with E-state index in [0.717, 1.165) is 0 Å². The highest BCUT2D eigenvalue weighted by atomic mass is 35.5. The van der Waals surface area contributed by atoms with Crippen LogP contribution in [0.2, 0.25) is 5.02 Å². The number of ether oxygens (including phenoxy) is 1. The number of carbonyl (C=O) groups excluding carboxylic acids is 1. The molecule has 0 aromatic heterocycles. The Bertz CT molecular complexity index is 1340. The van der Waals surface area contributed by atoms with Gasteiger partial charge in [0, 0.05) is 12.1 Å². The Labute approximate surface area is 210 Å². The van der Waals surface area contributed by atoms with E-state index in [2.05, 4.69) is 4.99 Å². The molecule has 0 atom stereocenters. The average molecular weight is 511 g/mol. The minimum absolute atomic E-state index is 0.0416. The van der Waals surface area contributed by atoms with Gasteiger partial charge in [0.05, 0.1) is 21.2 Å². The molecule has 0 aliphatic carbocycles. The van der Waals surface area contributed by atoms with Gasteiger partial charge in [0.15, 0.2) is 5.17 Å². The van der Waals surface area contributed by atoms with Crippen molar-refractivity contribution in [3.63, 3.8) is 0 Å². The first kappa shape index (κ1) is 24.5. The number of benzene rings is 3. The van der Waals surface area contributed by atoms with Gasteiger partial charge in [0.25, 0.3) is 5.91 Å². The molecule has 0 spiro atoms. The smallest absolute Gasteiger partial charge is 0.335 e. The maximum atomic E-state index is 13.8. The highest BCUT2D eigenvalue weighted by molar-refractivity contribution is 8.18. The quantitative estimate of drug-likeness (QED) is 0.373. The van der Waals surface area contributed by atoms with Gasteiger partial charge in [0.1, 0.15) is 18.2 Å². The number of hydrogen-bond donors (Lipinski definition) is 1. The molecule has 3 aromatic carbocycles. The van der Waals surface area contributed by atoms with Crippen LogP contribution >= 0.6 is 23.4 Å². The number of amidine groups is 1. The molecule has 9 heteroatoms. The van der Waals surface area contributed by atoms with E-state index >= 15 is 0 Å². The van der Waals surface area contributed by atoms with Crippen LogP contribution in [-0.4, -0.2) is 33.6 Å². The lowest BCUT2D eigenvalue weighted by Crippen LogP contribution is -2.28. The third-order valence-electron chi connectivity index (χ3n) is 5.14. The molecule has 1 amide bonds. The first-order valence-corrected chi connectivity index (χ1v) is 11.8. The Balaban J connectivity index is 1.51. The molecular weight excluding hydrogens is 491 g/mol. The number of nitrogens with zero attached hydrogens (tertiary/aromatic N) is 2. The van der Waals surface area contributed by atoms with Gasteiger partial charge >= 0.3 is 5.97 Å². The van der Waals surface area contributed by atoms with Crippen molar-refractivity contribution in [1.29, 1.82) is 0 Å². The van der Waals surface area contributed by atoms with Crippen LogP contribution in [0.25, 0.3) is 6.08 Å². The first-order valence-electron chi connectivity index (χ1n) is 10.6. The number of thioether (sulfide) groups is 1. The maximum absolute atomic E-state index is 13.8. The van der Waals surface area contributed by atoms with Gasteiger partial charge in [0.2, 0.25) is 0 Å². The van der Waals surface area contributed by atoms with Gasteiger partial charge < -0.3 is 9.84 Å². The maximum Gasteiger partial charge on any atom is 0.335 e. The third kappa shape index (κ3) is 5.72. The number of carbonyl (C=O) groups is 2. The Morgan fingerprint density at radius 1 is 1.17 bits per heavy atom. The number of rotatable bonds is 7. The molecular formula is C26H20ClFN2O4S. The zero-order chi connectivity index (χ0) is 24.9. The van der Waals surface area contributed by atoms with Crippen LogP contribution in [0.4, 0.5) is 10.1 Å². The van der Waals surface area contributed by atoms with Crippen molar-refractivity contribution < 1.29 is 23.8 Å². The summed E-state index contributed by atoms with van der Waals surface area (Å²) in [4.78, 5) is 30.5. The fourth-order valence-electron chi connectivity index (χ4n) is 3.31. The van der Waals surface area contributed by atoms with Gasteiger partial charge in [-0.15, -0.1) is 0 Å². The van der Waals surface area contributed by atoms with Crippen molar-refractivity contribution >= 4 is 52.2 Å². The van der Waals surface area contributed by atoms with Crippen molar-refractivity contribution in [1.82, 2.24) is 4.90 Å². The van der Waals surface area contributed by atoms with Crippen molar-refractivity contribution in [2.75, 3.05) is 6.54 Å². The second-order valence-electron chi connectivity index (χ2n) is 7.48. The second kappa shape index (κ2) is 10.8. The van der Waals surface area contributed by atoms with E-state index in [4.69, 9.17) is 21.4 Å². The van der Waals surface area contributed by atoms with Crippen molar-refractivity contribution in [2.45, 2.75) is 13.5 Å². The molecule has 1 aliphatic heterocycles. The first-order chi connectivity index (χ1) is 16.9. The summed E-state index contributed by atoms with van der Waals surface area (Å²) in [5, 5.41) is 9.89. The molecule has 178 valence electrons. The standard InChI is InChI=1S/C26H20ClFN2O4S/c1-2-30-24(31)23(35-26(30)29-19-10-8-17(9-11-19)25(32)33)14-16-7-12-22(20(27)13-16)34-15-18-5-3-4-6-21(18)28/h3-14H,2,15H2,1H3,(H,32,33)/b23-14-,29-26?. The van der Waals surface area contributed by atoms with Gasteiger partial charge in [-0.3, -0.25) is 9.69 Å². The van der Waals surface area contributed by atoms with E-state index in [-0.39, 0.29) is 23.9 Å². The predicted octanol–water partition coefficient (Wildman–Crippen LogP) is 6.38. The third-order valence-corrected chi connectivity index (χ3v) is 6.44. The van der Waals surface area contributed by atoms with Crippen molar-refractivity contribution in [2.24, 2.45) is 4.99 Å². The minimum atomic E-state index is -1.02. The zero-order valence-corrected chi connectivity index (χ0v) is 20.1. The van der Waals surface area contributed by atoms with Crippen LogP contribution in [0.5, 0.6) is 5.75 Å². The molecule has 3 aromatic rings.